The van der Waals surface area contributed by atoms with E-state index in [2.05, 4.69) is 0 Å². The lowest BCUT2D eigenvalue weighted by Crippen LogP contribution is -2.28. The van der Waals surface area contributed by atoms with Crippen LogP contribution < -0.4 is 4.74 Å². The summed E-state index contributed by atoms with van der Waals surface area (Å²) in [6.45, 7) is 2.73. The number of amides is 1. The third kappa shape index (κ3) is 3.74. The van der Waals surface area contributed by atoms with Crippen LogP contribution in [0.1, 0.15) is 29.0 Å². The van der Waals surface area contributed by atoms with Crippen LogP contribution in [-0.4, -0.2) is 28.3 Å². The first-order valence-electron chi connectivity index (χ1n) is 9.69. The summed E-state index contributed by atoms with van der Waals surface area (Å²) in [6, 6.07) is 19.4. The number of carbonyl (C=O) groups excluding carboxylic acids is 2. The first kappa shape index (κ1) is 19.9. The van der Waals surface area contributed by atoms with Crippen molar-refractivity contribution in [1.82, 2.24) is 4.90 Å². The van der Waals surface area contributed by atoms with Crippen LogP contribution >= 0.6 is 11.3 Å². The van der Waals surface area contributed by atoms with Gasteiger partial charge in [-0.25, -0.2) is 0 Å². The molecule has 3 aromatic rings. The van der Waals surface area contributed by atoms with Gasteiger partial charge in [-0.15, -0.1) is 11.3 Å². The van der Waals surface area contributed by atoms with Gasteiger partial charge in [-0.3, -0.25) is 9.59 Å². The Bertz CT molecular complexity index is 1070. The molecule has 2 heterocycles. The molecule has 0 aliphatic carbocycles. The van der Waals surface area contributed by atoms with Gasteiger partial charge in [-0.2, -0.15) is 0 Å². The van der Waals surface area contributed by atoms with Crippen molar-refractivity contribution in [3.63, 3.8) is 0 Å². The fourth-order valence-electron chi connectivity index (χ4n) is 3.63. The molecule has 0 saturated carbocycles. The first-order chi connectivity index (χ1) is 14.6. The molecule has 0 radical (unpaired) electrons. The lowest BCUT2D eigenvalue weighted by molar-refractivity contribution is -0.140. The monoisotopic (exact) mass is 419 g/mol. The summed E-state index contributed by atoms with van der Waals surface area (Å²) in [5.74, 6) is -0.790. The van der Waals surface area contributed by atoms with Gasteiger partial charge >= 0.3 is 0 Å². The number of aliphatic hydroxyl groups excluding tert-OH is 1. The zero-order valence-corrected chi connectivity index (χ0v) is 17.3. The van der Waals surface area contributed by atoms with Gasteiger partial charge in [-0.05, 0) is 48.2 Å². The predicted octanol–water partition coefficient (Wildman–Crippen LogP) is 4.77. The van der Waals surface area contributed by atoms with Crippen LogP contribution in [0.2, 0.25) is 0 Å². The molecule has 1 fully saturated rings. The van der Waals surface area contributed by atoms with Gasteiger partial charge in [0.05, 0.1) is 24.8 Å². The standard InChI is InChI=1S/C24H21NO4S/c1-2-29-18-12-10-17(11-13-18)22(26)20-21(16-7-4-3-5-8-16)25(24(28)23(20)27)15-19-9-6-14-30-19/h3-14,21,26H,2,15H2,1H3/b22-20+. The molecule has 1 unspecified atom stereocenters. The average molecular weight is 420 g/mol. The van der Waals surface area contributed by atoms with Crippen LogP contribution in [0.15, 0.2) is 77.7 Å². The van der Waals surface area contributed by atoms with E-state index in [1.165, 1.54) is 16.2 Å². The summed E-state index contributed by atoms with van der Waals surface area (Å²) in [5.41, 5.74) is 1.35. The van der Waals surface area contributed by atoms with Crippen LogP contribution in [0.4, 0.5) is 0 Å². The zero-order valence-electron chi connectivity index (χ0n) is 16.4. The number of hydrogen-bond donors (Lipinski definition) is 1. The van der Waals surface area contributed by atoms with E-state index in [9.17, 15) is 14.7 Å². The van der Waals surface area contributed by atoms with Gasteiger partial charge in [-0.1, -0.05) is 36.4 Å². The van der Waals surface area contributed by atoms with Crippen molar-refractivity contribution in [3.05, 3.63) is 93.7 Å². The highest BCUT2D eigenvalue weighted by molar-refractivity contribution is 7.09. The molecule has 2 aromatic carbocycles. The molecule has 1 aliphatic rings. The molecule has 152 valence electrons. The van der Waals surface area contributed by atoms with Crippen LogP contribution in [0.3, 0.4) is 0 Å². The first-order valence-corrected chi connectivity index (χ1v) is 10.6. The molecule has 1 amide bonds. The van der Waals surface area contributed by atoms with Crippen LogP contribution in [0.5, 0.6) is 5.75 Å². The minimum Gasteiger partial charge on any atom is -0.507 e. The quantitative estimate of drug-likeness (QED) is 0.355. The highest BCUT2D eigenvalue weighted by atomic mass is 32.1. The number of ether oxygens (including phenoxy) is 1. The molecule has 1 aliphatic heterocycles. The minimum absolute atomic E-state index is 0.104. The molecule has 1 saturated heterocycles. The molecule has 30 heavy (non-hydrogen) atoms. The van der Waals surface area contributed by atoms with Crippen LogP contribution in [0, 0.1) is 0 Å². The van der Waals surface area contributed by atoms with Crippen molar-refractivity contribution in [1.29, 1.82) is 0 Å². The lowest BCUT2D eigenvalue weighted by atomic mass is 9.95. The molecule has 1 N–H and O–H groups in total. The summed E-state index contributed by atoms with van der Waals surface area (Å²) in [7, 11) is 0. The largest absolute Gasteiger partial charge is 0.507 e. The molecular formula is C24H21NO4S. The Morgan fingerprint density at radius 3 is 2.40 bits per heavy atom. The fourth-order valence-corrected chi connectivity index (χ4v) is 4.33. The van der Waals surface area contributed by atoms with Crippen molar-refractivity contribution in [2.45, 2.75) is 19.5 Å². The Hall–Kier alpha value is -3.38. The van der Waals surface area contributed by atoms with Gasteiger partial charge in [0.15, 0.2) is 0 Å². The Morgan fingerprint density at radius 1 is 1.03 bits per heavy atom. The van der Waals surface area contributed by atoms with Crippen molar-refractivity contribution >= 4 is 28.8 Å². The van der Waals surface area contributed by atoms with E-state index < -0.39 is 17.7 Å². The molecule has 1 aromatic heterocycles. The molecule has 4 rings (SSSR count). The summed E-state index contributed by atoms with van der Waals surface area (Å²) < 4.78 is 5.44. The lowest BCUT2D eigenvalue weighted by Gasteiger charge is -2.24. The van der Waals surface area contributed by atoms with Crippen molar-refractivity contribution < 1.29 is 19.4 Å². The Balaban J connectivity index is 1.80. The second-order valence-electron chi connectivity index (χ2n) is 6.87. The Labute approximate surface area is 178 Å². The maximum absolute atomic E-state index is 13.0. The van der Waals surface area contributed by atoms with Gasteiger partial charge in [0, 0.05) is 10.4 Å². The number of likely N-dealkylation sites (tertiary alicyclic amines) is 1. The normalized spacial score (nSPS) is 18.0. The molecule has 1 atom stereocenters. The minimum atomic E-state index is -0.674. The Kier molecular flexibility index (Phi) is 5.68. The van der Waals surface area contributed by atoms with E-state index in [0.29, 0.717) is 24.5 Å². The highest BCUT2D eigenvalue weighted by Gasteiger charge is 2.46. The van der Waals surface area contributed by atoms with E-state index in [0.717, 1.165) is 10.4 Å². The number of ketones is 1. The van der Waals surface area contributed by atoms with Gasteiger partial charge in [0.25, 0.3) is 11.7 Å². The van der Waals surface area contributed by atoms with E-state index in [1.807, 2.05) is 54.8 Å². The molecule has 5 nitrogen and oxygen atoms in total. The summed E-state index contributed by atoms with van der Waals surface area (Å²) in [5, 5.41) is 13.0. The zero-order chi connectivity index (χ0) is 21.1. The maximum atomic E-state index is 13.0. The molecule has 0 bridgehead atoms. The molecule has 0 spiro atoms. The smallest absolute Gasteiger partial charge is 0.295 e. The van der Waals surface area contributed by atoms with Gasteiger partial charge in [0.1, 0.15) is 11.5 Å². The average Bonchev–Trinajstić information content (AvgIpc) is 3.37. The number of benzene rings is 2. The van der Waals surface area contributed by atoms with E-state index in [1.54, 1.807) is 24.3 Å². The van der Waals surface area contributed by atoms with Crippen molar-refractivity contribution in [2.24, 2.45) is 0 Å². The number of aliphatic hydroxyl groups is 1. The number of Topliss-reactive ketones (excluding diaryl/α,β-unsaturated/α-hetero) is 1. The third-order valence-corrected chi connectivity index (χ3v) is 5.86. The Morgan fingerprint density at radius 2 is 1.77 bits per heavy atom. The van der Waals surface area contributed by atoms with Crippen LogP contribution in [-0.2, 0) is 16.1 Å². The number of hydrogen-bond acceptors (Lipinski definition) is 5. The van der Waals surface area contributed by atoms with E-state index in [4.69, 9.17) is 4.74 Å². The highest BCUT2D eigenvalue weighted by Crippen LogP contribution is 2.40. The number of thiophene rings is 1. The molecular weight excluding hydrogens is 398 g/mol. The van der Waals surface area contributed by atoms with Crippen LogP contribution in [0.25, 0.3) is 5.76 Å². The van der Waals surface area contributed by atoms with Crippen molar-refractivity contribution in [3.8, 4) is 5.75 Å². The summed E-state index contributed by atoms with van der Waals surface area (Å²) in [6.07, 6.45) is 0. The topological polar surface area (TPSA) is 66.8 Å². The second-order valence-corrected chi connectivity index (χ2v) is 7.91. The number of nitrogens with zero attached hydrogens (tertiary/aromatic N) is 1. The predicted molar refractivity (Wildman–Crippen MR) is 116 cm³/mol. The molecule has 6 heteroatoms. The van der Waals surface area contributed by atoms with E-state index >= 15 is 0 Å². The maximum Gasteiger partial charge on any atom is 0.295 e. The number of carbonyl (C=O) groups is 2. The second kappa shape index (κ2) is 8.55. The summed E-state index contributed by atoms with van der Waals surface area (Å²) >= 11 is 1.52. The van der Waals surface area contributed by atoms with Gasteiger partial charge < -0.3 is 14.7 Å². The summed E-state index contributed by atoms with van der Waals surface area (Å²) in [4.78, 5) is 28.4. The SMILES string of the molecule is CCOc1ccc(/C(O)=C2\C(=O)C(=O)N(Cc3cccs3)C2c2ccccc2)cc1. The van der Waals surface area contributed by atoms with Gasteiger partial charge in [0.2, 0.25) is 0 Å². The van der Waals surface area contributed by atoms with E-state index in [-0.39, 0.29) is 11.3 Å². The fraction of sp³-hybridized carbons (Fsp3) is 0.167. The number of rotatable bonds is 6. The third-order valence-electron chi connectivity index (χ3n) is 5.00. The van der Waals surface area contributed by atoms with Crippen molar-refractivity contribution in [2.75, 3.05) is 6.61 Å².